The summed E-state index contributed by atoms with van der Waals surface area (Å²) in [7, 11) is 0. The molecular weight excluding hydrogens is 426 g/mol. The fourth-order valence-electron chi connectivity index (χ4n) is 1.53. The molecule has 0 N–H and O–H groups in total. The zero-order valence-corrected chi connectivity index (χ0v) is 13.7. The number of tetrazole rings is 1. The molecule has 7 heteroatoms. The number of rotatable bonds is 1. The van der Waals surface area contributed by atoms with Crippen molar-refractivity contribution in [3.63, 3.8) is 0 Å². The Morgan fingerprint density at radius 1 is 1.12 bits per heavy atom. The molecular formula is C10H7Cl2HfN4-3. The van der Waals surface area contributed by atoms with E-state index >= 15 is 0 Å². The van der Waals surface area contributed by atoms with Crippen LogP contribution in [0.15, 0.2) is 42.7 Å². The second-order valence-corrected chi connectivity index (χ2v) is 3.07. The van der Waals surface area contributed by atoms with Gasteiger partial charge >= 0.3 is 0 Å². The topological polar surface area (TPSA) is 43.6 Å². The molecule has 3 aromatic rings. The number of halogens is 2. The molecule has 1 heterocycles. The van der Waals surface area contributed by atoms with Gasteiger partial charge in [0.05, 0.1) is 0 Å². The molecule has 88 valence electrons. The van der Waals surface area contributed by atoms with Crippen LogP contribution >= 0.6 is 0 Å². The number of aromatic nitrogens is 4. The van der Waals surface area contributed by atoms with Crippen LogP contribution in [-0.2, 0) is 25.8 Å². The van der Waals surface area contributed by atoms with Crippen LogP contribution in [0.2, 0.25) is 0 Å². The van der Waals surface area contributed by atoms with Crippen LogP contribution in [-0.4, -0.2) is 20.2 Å². The molecule has 0 radical (unpaired) electrons. The Labute approximate surface area is 129 Å². The molecule has 1 aromatic heterocycles. The zero-order valence-electron chi connectivity index (χ0n) is 8.59. The van der Waals surface area contributed by atoms with E-state index < -0.39 is 0 Å². The summed E-state index contributed by atoms with van der Waals surface area (Å²) >= 11 is 0. The van der Waals surface area contributed by atoms with Gasteiger partial charge < -0.3 is 24.8 Å². The van der Waals surface area contributed by atoms with Crippen LogP contribution in [0.25, 0.3) is 16.5 Å². The van der Waals surface area contributed by atoms with Gasteiger partial charge in [-0.2, -0.15) is 4.80 Å². The fraction of sp³-hybridized carbons (Fsp3) is 0. The van der Waals surface area contributed by atoms with Crippen molar-refractivity contribution in [2.75, 3.05) is 0 Å². The normalized spacial score (nSPS) is 8.94. The van der Waals surface area contributed by atoms with Crippen LogP contribution in [0.4, 0.5) is 0 Å². The minimum absolute atomic E-state index is 0. The second-order valence-electron chi connectivity index (χ2n) is 3.07. The summed E-state index contributed by atoms with van der Waals surface area (Å²) in [5.41, 5.74) is 0.948. The van der Waals surface area contributed by atoms with E-state index in [4.69, 9.17) is 0 Å². The van der Waals surface area contributed by atoms with Gasteiger partial charge in [0.2, 0.25) is 0 Å². The third kappa shape index (κ3) is 3.18. The van der Waals surface area contributed by atoms with Crippen molar-refractivity contribution in [2.24, 2.45) is 0 Å². The van der Waals surface area contributed by atoms with Crippen LogP contribution in [0.3, 0.4) is 0 Å². The first-order chi connectivity index (χ1) is 6.93. The van der Waals surface area contributed by atoms with E-state index in [9.17, 15) is 0 Å². The molecule has 2 aromatic carbocycles. The molecule has 0 aliphatic carbocycles. The van der Waals surface area contributed by atoms with Gasteiger partial charge in [-0.15, -0.1) is 51.3 Å². The molecule has 0 fully saturated rings. The average molecular weight is 433 g/mol. The predicted octanol–water partition coefficient (Wildman–Crippen LogP) is -4.46. The Balaban J connectivity index is 0.000000853. The molecule has 0 amide bonds. The Morgan fingerprint density at radius 2 is 1.88 bits per heavy atom. The molecule has 0 aliphatic heterocycles. The molecule has 0 bridgehead atoms. The van der Waals surface area contributed by atoms with Crippen molar-refractivity contribution in [3.05, 3.63) is 42.7 Å². The van der Waals surface area contributed by atoms with E-state index in [0.29, 0.717) is 0 Å². The molecule has 0 saturated heterocycles. The van der Waals surface area contributed by atoms with Crippen molar-refractivity contribution in [1.82, 2.24) is 20.2 Å². The Morgan fingerprint density at radius 3 is 2.53 bits per heavy atom. The van der Waals surface area contributed by atoms with Gasteiger partial charge in [-0.05, 0) is 10.9 Å². The molecule has 3 rings (SSSR count). The molecule has 0 spiro atoms. The van der Waals surface area contributed by atoms with E-state index in [1.165, 1.54) is 21.9 Å². The van der Waals surface area contributed by atoms with E-state index in [0.717, 1.165) is 5.69 Å². The number of hydrogen-bond acceptors (Lipinski definition) is 3. The third-order valence-corrected chi connectivity index (χ3v) is 2.18. The van der Waals surface area contributed by atoms with Gasteiger partial charge in [-0.1, -0.05) is 6.07 Å². The standard InChI is InChI=1S/C10H7N4.2ClH.Hf/c1-2-4-9-6-10(5-8(9)3-1)14-12-7-11-13-14;;;/h1-7H;2*1H;/q-1;;;/p-2. The van der Waals surface area contributed by atoms with Gasteiger partial charge in [0, 0.05) is 25.8 Å². The van der Waals surface area contributed by atoms with E-state index in [1.54, 1.807) is 0 Å². The van der Waals surface area contributed by atoms with Crippen molar-refractivity contribution in [2.45, 2.75) is 0 Å². The monoisotopic (exact) mass is 433 g/mol. The van der Waals surface area contributed by atoms with Crippen molar-refractivity contribution in [1.29, 1.82) is 0 Å². The van der Waals surface area contributed by atoms with Crippen molar-refractivity contribution in [3.8, 4) is 5.69 Å². The van der Waals surface area contributed by atoms with Crippen molar-refractivity contribution >= 4 is 10.8 Å². The maximum absolute atomic E-state index is 3.98. The van der Waals surface area contributed by atoms with Gasteiger partial charge in [-0.25, -0.2) is 0 Å². The molecule has 17 heavy (non-hydrogen) atoms. The smallest absolute Gasteiger partial charge is 0.162 e. The Bertz CT molecular complexity index is 531. The molecule has 0 saturated carbocycles. The first-order valence-corrected chi connectivity index (χ1v) is 4.32. The first-order valence-electron chi connectivity index (χ1n) is 4.32. The zero-order chi connectivity index (χ0) is 9.38. The SMILES string of the molecule is [Cl-].[Cl-].[Hf].c1ccc2[cH-]c(-n3ncnn3)cc2c1. The summed E-state index contributed by atoms with van der Waals surface area (Å²) in [6.45, 7) is 0. The quantitative estimate of drug-likeness (QED) is 0.288. The average Bonchev–Trinajstić information content (AvgIpc) is 2.86. The van der Waals surface area contributed by atoms with E-state index in [-0.39, 0.29) is 50.7 Å². The third-order valence-electron chi connectivity index (χ3n) is 2.18. The minimum atomic E-state index is 0. The molecule has 0 unspecified atom stereocenters. The summed E-state index contributed by atoms with van der Waals surface area (Å²) < 4.78 is 0. The maximum Gasteiger partial charge on any atom is 0.162 e. The molecule has 0 aliphatic rings. The van der Waals surface area contributed by atoms with Gasteiger partial charge in [0.1, 0.15) is 0 Å². The van der Waals surface area contributed by atoms with Crippen LogP contribution < -0.4 is 24.8 Å². The summed E-state index contributed by atoms with van der Waals surface area (Å²) in [5.74, 6) is 0. The van der Waals surface area contributed by atoms with Crippen LogP contribution in [0.5, 0.6) is 0 Å². The van der Waals surface area contributed by atoms with E-state index in [1.807, 2.05) is 24.3 Å². The number of fused-ring (bicyclic) bond motifs is 1. The fourth-order valence-corrected chi connectivity index (χ4v) is 1.53. The van der Waals surface area contributed by atoms with Crippen LogP contribution in [0, 0.1) is 0 Å². The number of hydrogen-bond donors (Lipinski definition) is 0. The molecule has 4 nitrogen and oxygen atoms in total. The predicted molar refractivity (Wildman–Crippen MR) is 52.3 cm³/mol. The number of nitrogens with zero attached hydrogens (tertiary/aromatic N) is 4. The van der Waals surface area contributed by atoms with E-state index in [2.05, 4.69) is 27.5 Å². The second kappa shape index (κ2) is 6.93. The van der Waals surface area contributed by atoms with Crippen molar-refractivity contribution < 1.29 is 50.7 Å². The summed E-state index contributed by atoms with van der Waals surface area (Å²) in [6.07, 6.45) is 1.43. The maximum atomic E-state index is 3.98. The van der Waals surface area contributed by atoms with Gasteiger partial charge in [0.25, 0.3) is 0 Å². The minimum Gasteiger partial charge on any atom is -1.00 e. The molecule has 0 atom stereocenters. The summed E-state index contributed by atoms with van der Waals surface area (Å²) in [4.78, 5) is 1.51. The Hall–Kier alpha value is -0.650. The Kier molecular flexibility index (Phi) is 6.67. The largest absolute Gasteiger partial charge is 1.00 e. The van der Waals surface area contributed by atoms with Gasteiger partial charge in [0.15, 0.2) is 6.33 Å². The number of benzene rings is 1. The van der Waals surface area contributed by atoms with Gasteiger partial charge in [-0.3, -0.25) is 0 Å². The summed E-state index contributed by atoms with van der Waals surface area (Å²) in [6, 6.07) is 12.2. The van der Waals surface area contributed by atoms with Crippen LogP contribution in [0.1, 0.15) is 0 Å². The first kappa shape index (κ1) is 16.4. The summed E-state index contributed by atoms with van der Waals surface area (Å²) in [5, 5.41) is 13.9.